The summed E-state index contributed by atoms with van der Waals surface area (Å²) in [6.45, 7) is 5.14. The van der Waals surface area contributed by atoms with E-state index in [1.54, 1.807) is 0 Å². The third kappa shape index (κ3) is 4.28. The maximum Gasteiger partial charge on any atom is 0.251 e. The molecule has 1 aliphatic carbocycles. The highest BCUT2D eigenvalue weighted by Gasteiger charge is 2.27. The first-order valence-electron chi connectivity index (χ1n) is 6.77. The van der Waals surface area contributed by atoms with E-state index in [1.807, 2.05) is 7.05 Å². The zero-order valence-corrected chi connectivity index (χ0v) is 11.4. The number of nitrogens with zero attached hydrogens (tertiary/aromatic N) is 1. The maximum atomic E-state index is 11.8. The summed E-state index contributed by atoms with van der Waals surface area (Å²) < 4.78 is 0. The number of hydrazine groups is 1. The zero-order valence-electron chi connectivity index (χ0n) is 11.4. The highest BCUT2D eigenvalue weighted by molar-refractivity contribution is 5.81. The average Bonchev–Trinajstić information content (AvgIpc) is 2.29. The molecule has 0 aromatic carbocycles. The number of hydrogen-bond donors (Lipinski definition) is 2. The van der Waals surface area contributed by atoms with E-state index in [0.717, 1.165) is 12.5 Å². The van der Waals surface area contributed by atoms with Gasteiger partial charge in [0.25, 0.3) is 5.91 Å². The molecule has 0 aromatic heterocycles. The Hall–Kier alpha value is -0.610. The Labute approximate surface area is 105 Å². The number of hydrogen-bond acceptors (Lipinski definition) is 3. The fourth-order valence-corrected chi connectivity index (χ4v) is 2.99. The number of amides is 1. The third-order valence-corrected chi connectivity index (χ3v) is 3.79. The van der Waals surface area contributed by atoms with E-state index in [1.165, 1.54) is 32.1 Å². The van der Waals surface area contributed by atoms with Crippen LogP contribution in [0.3, 0.4) is 0 Å². The molecule has 0 heterocycles. The second-order valence-corrected chi connectivity index (χ2v) is 5.64. The summed E-state index contributed by atoms with van der Waals surface area (Å²) in [5.74, 6) is 6.22. The molecular weight excluding hydrogens is 214 g/mol. The van der Waals surface area contributed by atoms with Crippen molar-refractivity contribution in [2.75, 3.05) is 13.6 Å². The number of nitrogens with two attached hydrogens (primary N) is 1. The van der Waals surface area contributed by atoms with Crippen molar-refractivity contribution in [2.24, 2.45) is 17.7 Å². The number of rotatable bonds is 5. The molecule has 1 fully saturated rings. The largest absolute Gasteiger partial charge is 0.295 e. The zero-order chi connectivity index (χ0) is 12.8. The third-order valence-electron chi connectivity index (χ3n) is 3.79. The molecule has 17 heavy (non-hydrogen) atoms. The van der Waals surface area contributed by atoms with Crippen LogP contribution >= 0.6 is 0 Å². The van der Waals surface area contributed by atoms with Crippen LogP contribution in [0.2, 0.25) is 0 Å². The molecule has 4 heteroatoms. The van der Waals surface area contributed by atoms with E-state index in [0.29, 0.717) is 0 Å². The van der Waals surface area contributed by atoms with E-state index in [4.69, 9.17) is 5.84 Å². The van der Waals surface area contributed by atoms with Gasteiger partial charge in [0.15, 0.2) is 0 Å². The fourth-order valence-electron chi connectivity index (χ4n) is 2.99. The highest BCUT2D eigenvalue weighted by atomic mass is 16.2. The summed E-state index contributed by atoms with van der Waals surface area (Å²) in [7, 11) is 2.04. The van der Waals surface area contributed by atoms with E-state index in [-0.39, 0.29) is 17.9 Å². The van der Waals surface area contributed by atoms with Gasteiger partial charge in [-0.1, -0.05) is 33.1 Å². The molecule has 0 saturated heterocycles. The first-order chi connectivity index (χ1) is 8.06. The number of nitrogens with one attached hydrogen (secondary N) is 1. The summed E-state index contributed by atoms with van der Waals surface area (Å²) in [4.78, 5) is 13.9. The van der Waals surface area contributed by atoms with Crippen LogP contribution in [-0.2, 0) is 4.79 Å². The second kappa shape index (κ2) is 6.97. The van der Waals surface area contributed by atoms with Gasteiger partial charge in [-0.3, -0.25) is 15.1 Å². The summed E-state index contributed by atoms with van der Waals surface area (Å²) in [5.41, 5.74) is 2.28. The molecule has 100 valence electrons. The minimum absolute atomic E-state index is 0.0710. The molecule has 0 aliphatic heterocycles. The van der Waals surface area contributed by atoms with Gasteiger partial charge < -0.3 is 0 Å². The van der Waals surface area contributed by atoms with Gasteiger partial charge in [-0.15, -0.1) is 0 Å². The van der Waals surface area contributed by atoms with Crippen LogP contribution in [0.4, 0.5) is 0 Å². The second-order valence-electron chi connectivity index (χ2n) is 5.64. The van der Waals surface area contributed by atoms with E-state index >= 15 is 0 Å². The molecule has 1 unspecified atom stereocenters. The lowest BCUT2D eigenvalue weighted by Crippen LogP contribution is -2.51. The molecule has 1 amide bonds. The lowest BCUT2D eigenvalue weighted by Gasteiger charge is -2.33. The molecule has 4 nitrogen and oxygen atoms in total. The topological polar surface area (TPSA) is 58.4 Å². The standard InChI is InChI=1S/C13H27N3O/c1-10(2)12(13(17)15-14)16(3)9-11-7-5-4-6-8-11/h10-12H,4-9,14H2,1-3H3,(H,15,17). The van der Waals surface area contributed by atoms with Crippen molar-refractivity contribution in [3.8, 4) is 0 Å². The Morgan fingerprint density at radius 1 is 1.35 bits per heavy atom. The van der Waals surface area contributed by atoms with Gasteiger partial charge in [0, 0.05) is 6.54 Å². The quantitative estimate of drug-likeness (QED) is 0.436. The smallest absolute Gasteiger partial charge is 0.251 e. The van der Waals surface area contributed by atoms with Crippen molar-refractivity contribution in [2.45, 2.75) is 52.0 Å². The van der Waals surface area contributed by atoms with Gasteiger partial charge in [0.05, 0.1) is 6.04 Å². The molecular formula is C13H27N3O. The van der Waals surface area contributed by atoms with Gasteiger partial charge in [-0.05, 0) is 31.7 Å². The van der Waals surface area contributed by atoms with Gasteiger partial charge in [-0.25, -0.2) is 5.84 Å². The first-order valence-corrected chi connectivity index (χ1v) is 6.77. The average molecular weight is 241 g/mol. The molecule has 0 bridgehead atoms. The van der Waals surface area contributed by atoms with Gasteiger partial charge in [-0.2, -0.15) is 0 Å². The normalized spacial score (nSPS) is 19.6. The van der Waals surface area contributed by atoms with E-state index in [9.17, 15) is 4.79 Å². The summed E-state index contributed by atoms with van der Waals surface area (Å²) in [6.07, 6.45) is 6.66. The van der Waals surface area contributed by atoms with E-state index in [2.05, 4.69) is 24.2 Å². The molecule has 1 rings (SSSR count). The Kier molecular flexibility index (Phi) is 5.92. The predicted molar refractivity (Wildman–Crippen MR) is 70.2 cm³/mol. The molecule has 0 radical (unpaired) electrons. The van der Waals surface area contributed by atoms with Crippen LogP contribution < -0.4 is 11.3 Å². The Balaban J connectivity index is 2.51. The van der Waals surface area contributed by atoms with E-state index < -0.39 is 0 Å². The number of carbonyl (C=O) groups excluding carboxylic acids is 1. The number of carbonyl (C=O) groups is 1. The molecule has 1 aliphatic rings. The molecule has 0 aromatic rings. The lowest BCUT2D eigenvalue weighted by molar-refractivity contribution is -0.127. The number of likely N-dealkylation sites (N-methyl/N-ethyl adjacent to an activating group) is 1. The van der Waals surface area contributed by atoms with Gasteiger partial charge >= 0.3 is 0 Å². The minimum Gasteiger partial charge on any atom is -0.295 e. The Bertz CT molecular complexity index is 237. The van der Waals surface area contributed by atoms with Crippen LogP contribution in [0, 0.1) is 11.8 Å². The lowest BCUT2D eigenvalue weighted by atomic mass is 9.88. The van der Waals surface area contributed by atoms with Crippen molar-refractivity contribution < 1.29 is 4.79 Å². The minimum atomic E-state index is -0.109. The molecule has 3 N–H and O–H groups in total. The fraction of sp³-hybridized carbons (Fsp3) is 0.923. The van der Waals surface area contributed by atoms with Crippen LogP contribution in [-0.4, -0.2) is 30.4 Å². The van der Waals surface area contributed by atoms with Crippen molar-refractivity contribution in [1.29, 1.82) is 0 Å². The van der Waals surface area contributed by atoms with Gasteiger partial charge in [0.2, 0.25) is 0 Å². The van der Waals surface area contributed by atoms with Crippen molar-refractivity contribution in [1.82, 2.24) is 10.3 Å². The maximum absolute atomic E-state index is 11.8. The molecule has 1 saturated carbocycles. The predicted octanol–water partition coefficient (Wildman–Crippen LogP) is 1.51. The molecule has 0 spiro atoms. The van der Waals surface area contributed by atoms with Crippen molar-refractivity contribution >= 4 is 5.91 Å². The van der Waals surface area contributed by atoms with Crippen LogP contribution in [0.1, 0.15) is 46.0 Å². The van der Waals surface area contributed by atoms with Crippen molar-refractivity contribution in [3.63, 3.8) is 0 Å². The van der Waals surface area contributed by atoms with Gasteiger partial charge in [0.1, 0.15) is 0 Å². The summed E-state index contributed by atoms with van der Waals surface area (Å²) >= 11 is 0. The van der Waals surface area contributed by atoms with Crippen molar-refractivity contribution in [3.05, 3.63) is 0 Å². The monoisotopic (exact) mass is 241 g/mol. The summed E-state index contributed by atoms with van der Waals surface area (Å²) in [6, 6.07) is -0.109. The SMILES string of the molecule is CC(C)C(C(=O)NN)N(C)CC1CCCCC1. The Morgan fingerprint density at radius 2 is 1.94 bits per heavy atom. The first kappa shape index (κ1) is 14.5. The highest BCUT2D eigenvalue weighted by Crippen LogP contribution is 2.25. The van der Waals surface area contributed by atoms with Crippen LogP contribution in [0.5, 0.6) is 0 Å². The van der Waals surface area contributed by atoms with Crippen LogP contribution in [0.25, 0.3) is 0 Å². The van der Waals surface area contributed by atoms with Crippen LogP contribution in [0.15, 0.2) is 0 Å². The summed E-state index contributed by atoms with van der Waals surface area (Å²) in [5, 5.41) is 0. The Morgan fingerprint density at radius 3 is 2.41 bits per heavy atom. The molecule has 1 atom stereocenters.